The predicted octanol–water partition coefficient (Wildman–Crippen LogP) is 4.48. The number of hydrogen-bond acceptors (Lipinski definition) is 3. The molecule has 3 aromatic rings. The fraction of sp³-hybridized carbons (Fsp3) is 0.273. The van der Waals surface area contributed by atoms with Crippen LogP contribution in [0.15, 0.2) is 71.7 Å². The molecule has 1 fully saturated rings. The van der Waals surface area contributed by atoms with Gasteiger partial charge in [-0.25, -0.2) is 9.78 Å². The highest BCUT2D eigenvalue weighted by Crippen LogP contribution is 2.25. The Bertz CT molecular complexity index is 959. The molecule has 29 heavy (non-hydrogen) atoms. The summed E-state index contributed by atoms with van der Waals surface area (Å²) >= 11 is 3.50. The number of carbonyl (C=O) groups excluding carboxylic acids is 1. The lowest BCUT2D eigenvalue weighted by Gasteiger charge is -2.34. The van der Waals surface area contributed by atoms with Crippen molar-refractivity contribution >= 4 is 22.0 Å². The molecular weight excluding hydrogens is 432 g/mol. The molecule has 0 spiro atoms. The summed E-state index contributed by atoms with van der Waals surface area (Å²) in [5, 5.41) is 3.11. The van der Waals surface area contributed by atoms with Crippen molar-refractivity contribution < 1.29 is 9.53 Å². The van der Waals surface area contributed by atoms with E-state index in [9.17, 15) is 4.79 Å². The lowest BCUT2D eigenvalue weighted by atomic mass is 10.1. The Kier molecular flexibility index (Phi) is 5.97. The minimum absolute atomic E-state index is 0.0699. The van der Waals surface area contributed by atoms with E-state index in [2.05, 4.69) is 26.2 Å². The molecule has 1 saturated heterocycles. The standard InChI is InChI=1S/C22H23BrN4O2/c1-16(17-5-7-20(8-6-17)27-10-9-24-15-27)25-22(28)26-11-12-29-21(14-26)18-3-2-4-19(23)13-18/h2-10,13,15-16,21H,11-12,14H2,1H3,(H,25,28). The van der Waals surface area contributed by atoms with Crippen LogP contribution in [0.1, 0.15) is 30.2 Å². The van der Waals surface area contributed by atoms with Crippen LogP contribution in [0.2, 0.25) is 0 Å². The molecule has 4 rings (SSSR count). The molecule has 2 unspecified atom stereocenters. The zero-order valence-corrected chi connectivity index (χ0v) is 17.7. The number of amides is 2. The molecule has 1 N–H and O–H groups in total. The van der Waals surface area contributed by atoms with E-state index in [-0.39, 0.29) is 18.2 Å². The third-order valence-electron chi connectivity index (χ3n) is 5.11. The van der Waals surface area contributed by atoms with Gasteiger partial charge in [-0.2, -0.15) is 0 Å². The summed E-state index contributed by atoms with van der Waals surface area (Å²) in [6, 6.07) is 16.0. The van der Waals surface area contributed by atoms with Crippen LogP contribution < -0.4 is 5.32 Å². The zero-order valence-electron chi connectivity index (χ0n) is 16.2. The van der Waals surface area contributed by atoms with Gasteiger partial charge in [0.05, 0.1) is 25.5 Å². The van der Waals surface area contributed by atoms with Crippen molar-refractivity contribution in [2.75, 3.05) is 19.7 Å². The predicted molar refractivity (Wildman–Crippen MR) is 115 cm³/mol. The molecule has 0 aliphatic carbocycles. The summed E-state index contributed by atoms with van der Waals surface area (Å²) < 4.78 is 8.84. The molecule has 6 nitrogen and oxygen atoms in total. The average Bonchev–Trinajstić information content (AvgIpc) is 3.29. The number of nitrogens with zero attached hydrogens (tertiary/aromatic N) is 3. The molecule has 2 aromatic carbocycles. The molecule has 0 bridgehead atoms. The van der Waals surface area contributed by atoms with Crippen LogP contribution in [0.4, 0.5) is 4.79 Å². The molecule has 150 valence electrons. The molecule has 2 atom stereocenters. The Morgan fingerprint density at radius 3 is 2.83 bits per heavy atom. The minimum atomic E-state index is -0.114. The second kappa shape index (κ2) is 8.80. The first kappa shape index (κ1) is 19.7. The third kappa shape index (κ3) is 4.68. The molecule has 7 heteroatoms. The van der Waals surface area contributed by atoms with Gasteiger partial charge >= 0.3 is 6.03 Å². The molecule has 2 amide bonds. The van der Waals surface area contributed by atoms with Gasteiger partial charge in [-0.3, -0.25) is 0 Å². The number of ether oxygens (including phenoxy) is 1. The average molecular weight is 455 g/mol. The number of imidazole rings is 1. The van der Waals surface area contributed by atoms with Gasteiger partial charge in [0.25, 0.3) is 0 Å². The number of halogens is 1. The van der Waals surface area contributed by atoms with E-state index in [1.807, 2.05) is 71.1 Å². The van der Waals surface area contributed by atoms with Gasteiger partial charge in [-0.1, -0.05) is 40.2 Å². The smallest absolute Gasteiger partial charge is 0.318 e. The number of rotatable bonds is 4. The summed E-state index contributed by atoms with van der Waals surface area (Å²) in [5.41, 5.74) is 3.16. The number of benzene rings is 2. The van der Waals surface area contributed by atoms with Gasteiger partial charge in [0.2, 0.25) is 0 Å². The van der Waals surface area contributed by atoms with Gasteiger partial charge in [-0.15, -0.1) is 0 Å². The van der Waals surface area contributed by atoms with E-state index in [1.165, 1.54) is 0 Å². The Balaban J connectivity index is 1.38. The van der Waals surface area contributed by atoms with Crippen LogP contribution >= 0.6 is 15.9 Å². The van der Waals surface area contributed by atoms with Crippen molar-refractivity contribution in [2.45, 2.75) is 19.1 Å². The van der Waals surface area contributed by atoms with Gasteiger partial charge in [-0.05, 0) is 42.3 Å². The third-order valence-corrected chi connectivity index (χ3v) is 5.60. The van der Waals surface area contributed by atoms with Crippen LogP contribution in [-0.4, -0.2) is 40.2 Å². The fourth-order valence-corrected chi connectivity index (χ4v) is 3.87. The van der Waals surface area contributed by atoms with Crippen molar-refractivity contribution in [3.63, 3.8) is 0 Å². The fourth-order valence-electron chi connectivity index (χ4n) is 3.45. The van der Waals surface area contributed by atoms with Crippen molar-refractivity contribution in [1.29, 1.82) is 0 Å². The maximum atomic E-state index is 12.8. The lowest BCUT2D eigenvalue weighted by Crippen LogP contribution is -2.47. The lowest BCUT2D eigenvalue weighted by molar-refractivity contribution is -0.0157. The molecule has 1 aliphatic rings. The van der Waals surface area contributed by atoms with E-state index in [0.717, 1.165) is 21.3 Å². The monoisotopic (exact) mass is 454 g/mol. The van der Waals surface area contributed by atoms with Gasteiger partial charge < -0.3 is 19.5 Å². The summed E-state index contributed by atoms with van der Waals surface area (Å²) in [6.07, 6.45) is 5.30. The zero-order chi connectivity index (χ0) is 20.2. The maximum Gasteiger partial charge on any atom is 0.318 e. The normalized spacial score (nSPS) is 17.7. The number of morpholine rings is 1. The van der Waals surface area contributed by atoms with E-state index < -0.39 is 0 Å². The second-order valence-corrected chi connectivity index (χ2v) is 8.01. The van der Waals surface area contributed by atoms with Crippen molar-refractivity contribution in [3.8, 4) is 5.69 Å². The molecule has 0 radical (unpaired) electrons. The van der Waals surface area contributed by atoms with Crippen LogP contribution in [0, 0.1) is 0 Å². The van der Waals surface area contributed by atoms with Gasteiger partial charge in [0.15, 0.2) is 0 Å². The van der Waals surface area contributed by atoms with Crippen LogP contribution in [0.3, 0.4) is 0 Å². The maximum absolute atomic E-state index is 12.8. The molecule has 1 aromatic heterocycles. The van der Waals surface area contributed by atoms with Crippen molar-refractivity contribution in [2.24, 2.45) is 0 Å². The van der Waals surface area contributed by atoms with E-state index in [0.29, 0.717) is 19.7 Å². The molecule has 2 heterocycles. The number of hydrogen-bond donors (Lipinski definition) is 1. The first-order chi connectivity index (χ1) is 14.1. The van der Waals surface area contributed by atoms with Crippen molar-refractivity contribution in [1.82, 2.24) is 19.8 Å². The Morgan fingerprint density at radius 2 is 2.10 bits per heavy atom. The van der Waals surface area contributed by atoms with Crippen LogP contribution in [0.25, 0.3) is 5.69 Å². The van der Waals surface area contributed by atoms with Gasteiger partial charge in [0, 0.05) is 29.1 Å². The Morgan fingerprint density at radius 1 is 1.28 bits per heavy atom. The topological polar surface area (TPSA) is 59.4 Å². The molecule has 1 aliphatic heterocycles. The summed E-state index contributed by atoms with van der Waals surface area (Å²) in [4.78, 5) is 18.7. The molecular formula is C22H23BrN4O2. The highest BCUT2D eigenvalue weighted by Gasteiger charge is 2.26. The Hall–Kier alpha value is -2.64. The van der Waals surface area contributed by atoms with E-state index in [4.69, 9.17) is 4.74 Å². The van der Waals surface area contributed by atoms with Crippen LogP contribution in [0.5, 0.6) is 0 Å². The van der Waals surface area contributed by atoms with Gasteiger partial charge in [0.1, 0.15) is 6.10 Å². The number of nitrogens with one attached hydrogen (secondary N) is 1. The SMILES string of the molecule is CC(NC(=O)N1CCOC(c2cccc(Br)c2)C1)c1ccc(-n2ccnc2)cc1. The number of aromatic nitrogens is 2. The summed E-state index contributed by atoms with van der Waals surface area (Å²) in [5.74, 6) is 0. The number of carbonyl (C=O) groups is 1. The first-order valence-electron chi connectivity index (χ1n) is 9.61. The largest absolute Gasteiger partial charge is 0.370 e. The first-order valence-corrected chi connectivity index (χ1v) is 10.4. The van der Waals surface area contributed by atoms with E-state index >= 15 is 0 Å². The van der Waals surface area contributed by atoms with Crippen molar-refractivity contribution in [3.05, 3.63) is 82.9 Å². The van der Waals surface area contributed by atoms with Crippen LogP contribution in [-0.2, 0) is 4.74 Å². The second-order valence-electron chi connectivity index (χ2n) is 7.09. The highest BCUT2D eigenvalue weighted by atomic mass is 79.9. The highest BCUT2D eigenvalue weighted by molar-refractivity contribution is 9.10. The van der Waals surface area contributed by atoms with E-state index in [1.54, 1.807) is 12.5 Å². The Labute approximate surface area is 178 Å². The minimum Gasteiger partial charge on any atom is -0.370 e. The summed E-state index contributed by atoms with van der Waals surface area (Å²) in [7, 11) is 0. The quantitative estimate of drug-likeness (QED) is 0.631. The summed E-state index contributed by atoms with van der Waals surface area (Å²) in [6.45, 7) is 3.64. The number of urea groups is 1. The molecule has 0 saturated carbocycles.